The standard InChI is InChI=1S/C24H29N3O3/c1-5-29-20-9-7-6-8-17(20)19-11-10-18(24(16-25)12-14-26-15-13-24)21(27-19)22(28)30-23(2,3)4/h6-11,26H,5,12-15H2,1-4H3. The van der Waals surface area contributed by atoms with Crippen LogP contribution < -0.4 is 10.1 Å². The van der Waals surface area contributed by atoms with Crippen molar-refractivity contribution in [1.29, 1.82) is 5.26 Å². The molecule has 1 saturated heterocycles. The van der Waals surface area contributed by atoms with Crippen molar-refractivity contribution < 1.29 is 14.3 Å². The van der Waals surface area contributed by atoms with Crippen molar-refractivity contribution in [3.63, 3.8) is 0 Å². The molecular formula is C24H29N3O3. The molecule has 1 aromatic heterocycles. The Morgan fingerprint density at radius 2 is 1.90 bits per heavy atom. The number of para-hydroxylation sites is 1. The zero-order valence-electron chi connectivity index (χ0n) is 18.1. The molecule has 2 heterocycles. The molecule has 158 valence electrons. The van der Waals surface area contributed by atoms with Gasteiger partial charge in [-0.15, -0.1) is 0 Å². The predicted octanol–water partition coefficient (Wildman–Crippen LogP) is 4.25. The number of rotatable bonds is 5. The van der Waals surface area contributed by atoms with E-state index in [1.165, 1.54) is 0 Å². The third-order valence-corrected chi connectivity index (χ3v) is 5.14. The van der Waals surface area contributed by atoms with Crippen LogP contribution in [0.1, 0.15) is 56.6 Å². The minimum absolute atomic E-state index is 0.206. The second kappa shape index (κ2) is 8.85. The van der Waals surface area contributed by atoms with Crippen LogP contribution in [0.3, 0.4) is 0 Å². The molecule has 0 aliphatic carbocycles. The second-order valence-corrected chi connectivity index (χ2v) is 8.47. The zero-order chi connectivity index (χ0) is 21.8. The molecule has 6 heteroatoms. The van der Waals surface area contributed by atoms with E-state index in [1.54, 1.807) is 0 Å². The Kier molecular flexibility index (Phi) is 6.42. The maximum absolute atomic E-state index is 13.1. The third kappa shape index (κ3) is 4.63. The molecule has 0 amide bonds. The lowest BCUT2D eigenvalue weighted by Crippen LogP contribution is -2.40. The quantitative estimate of drug-likeness (QED) is 0.746. The van der Waals surface area contributed by atoms with Gasteiger partial charge in [-0.25, -0.2) is 9.78 Å². The van der Waals surface area contributed by atoms with Gasteiger partial charge in [0.05, 0.1) is 23.8 Å². The Labute approximate surface area is 178 Å². The number of hydrogen-bond donors (Lipinski definition) is 1. The molecule has 3 rings (SSSR count). The van der Waals surface area contributed by atoms with Crippen molar-refractivity contribution in [3.05, 3.63) is 47.7 Å². The minimum Gasteiger partial charge on any atom is -0.493 e. The van der Waals surface area contributed by atoms with E-state index < -0.39 is 17.0 Å². The van der Waals surface area contributed by atoms with Crippen molar-refractivity contribution in [3.8, 4) is 23.1 Å². The molecule has 1 fully saturated rings. The number of pyridine rings is 1. The lowest BCUT2D eigenvalue weighted by atomic mass is 9.73. The van der Waals surface area contributed by atoms with Crippen LogP contribution in [-0.4, -0.2) is 36.3 Å². The summed E-state index contributed by atoms with van der Waals surface area (Å²) >= 11 is 0. The third-order valence-electron chi connectivity index (χ3n) is 5.14. The van der Waals surface area contributed by atoms with Gasteiger partial charge in [0.15, 0.2) is 5.69 Å². The summed E-state index contributed by atoms with van der Waals surface area (Å²) in [6.07, 6.45) is 1.24. The Balaban J connectivity index is 2.15. The fourth-order valence-electron chi connectivity index (χ4n) is 3.73. The summed E-state index contributed by atoms with van der Waals surface area (Å²) in [4.78, 5) is 17.8. The number of ether oxygens (including phenoxy) is 2. The number of esters is 1. The SMILES string of the molecule is CCOc1ccccc1-c1ccc(C2(C#N)CCNCC2)c(C(=O)OC(C)(C)C)n1. The first kappa shape index (κ1) is 21.8. The predicted molar refractivity (Wildman–Crippen MR) is 115 cm³/mol. The van der Waals surface area contributed by atoms with Crippen LogP contribution in [0.2, 0.25) is 0 Å². The number of carbonyl (C=O) groups excluding carboxylic acids is 1. The van der Waals surface area contributed by atoms with Gasteiger partial charge in [-0.2, -0.15) is 5.26 Å². The highest BCUT2D eigenvalue weighted by Crippen LogP contribution is 2.37. The van der Waals surface area contributed by atoms with E-state index in [-0.39, 0.29) is 5.69 Å². The number of benzene rings is 1. The van der Waals surface area contributed by atoms with Crippen LogP contribution in [0.15, 0.2) is 36.4 Å². The summed E-state index contributed by atoms with van der Waals surface area (Å²) in [5, 5.41) is 13.3. The lowest BCUT2D eigenvalue weighted by Gasteiger charge is -2.33. The summed E-state index contributed by atoms with van der Waals surface area (Å²) in [5.74, 6) is 0.189. The highest BCUT2D eigenvalue weighted by Gasteiger charge is 2.39. The molecule has 0 saturated carbocycles. The number of nitriles is 1. The molecule has 1 aliphatic rings. The fraction of sp³-hybridized carbons (Fsp3) is 0.458. The number of carbonyl (C=O) groups is 1. The number of aromatic nitrogens is 1. The maximum Gasteiger partial charge on any atom is 0.357 e. The Hall–Kier alpha value is -2.91. The number of nitrogens with zero attached hydrogens (tertiary/aromatic N) is 2. The molecule has 0 spiro atoms. The van der Waals surface area contributed by atoms with E-state index in [0.29, 0.717) is 36.5 Å². The largest absolute Gasteiger partial charge is 0.493 e. The Morgan fingerprint density at radius 3 is 2.53 bits per heavy atom. The van der Waals surface area contributed by atoms with Gasteiger partial charge < -0.3 is 14.8 Å². The molecule has 2 aromatic rings. The van der Waals surface area contributed by atoms with Crippen molar-refractivity contribution in [2.75, 3.05) is 19.7 Å². The average molecular weight is 408 g/mol. The lowest BCUT2D eigenvalue weighted by molar-refractivity contribution is 0.00599. The smallest absolute Gasteiger partial charge is 0.357 e. The molecule has 1 aliphatic heterocycles. The van der Waals surface area contributed by atoms with Gasteiger partial charge in [-0.1, -0.05) is 18.2 Å². The molecule has 0 bridgehead atoms. The van der Waals surface area contributed by atoms with Gasteiger partial charge >= 0.3 is 5.97 Å². The summed E-state index contributed by atoms with van der Waals surface area (Å²) < 4.78 is 11.4. The van der Waals surface area contributed by atoms with E-state index in [0.717, 1.165) is 18.7 Å². The van der Waals surface area contributed by atoms with Crippen molar-refractivity contribution in [2.24, 2.45) is 0 Å². The molecule has 1 aromatic carbocycles. The first-order valence-electron chi connectivity index (χ1n) is 10.4. The van der Waals surface area contributed by atoms with Gasteiger partial charge in [-0.3, -0.25) is 0 Å². The fourth-order valence-corrected chi connectivity index (χ4v) is 3.73. The van der Waals surface area contributed by atoms with Crippen molar-refractivity contribution in [2.45, 2.75) is 51.6 Å². The van der Waals surface area contributed by atoms with E-state index in [1.807, 2.05) is 64.1 Å². The number of hydrogen-bond acceptors (Lipinski definition) is 6. The minimum atomic E-state index is -0.761. The van der Waals surface area contributed by atoms with Crippen LogP contribution in [0.4, 0.5) is 0 Å². The second-order valence-electron chi connectivity index (χ2n) is 8.47. The topological polar surface area (TPSA) is 84.2 Å². The molecular weight excluding hydrogens is 378 g/mol. The summed E-state index contributed by atoms with van der Waals surface area (Å²) in [5.41, 5.74) is 0.833. The monoisotopic (exact) mass is 407 g/mol. The zero-order valence-corrected chi connectivity index (χ0v) is 18.1. The average Bonchev–Trinajstić information content (AvgIpc) is 2.73. The van der Waals surface area contributed by atoms with Gasteiger partial charge in [0, 0.05) is 11.1 Å². The number of piperidine rings is 1. The van der Waals surface area contributed by atoms with Crippen LogP contribution in [0, 0.1) is 11.3 Å². The van der Waals surface area contributed by atoms with Gasteiger partial charge in [0.1, 0.15) is 11.4 Å². The maximum atomic E-state index is 13.1. The Bertz CT molecular complexity index is 951. The van der Waals surface area contributed by atoms with E-state index in [2.05, 4.69) is 11.4 Å². The molecule has 1 N–H and O–H groups in total. The molecule has 6 nitrogen and oxygen atoms in total. The molecule has 0 radical (unpaired) electrons. The highest BCUT2D eigenvalue weighted by atomic mass is 16.6. The molecule has 30 heavy (non-hydrogen) atoms. The number of nitrogens with one attached hydrogen (secondary N) is 1. The van der Waals surface area contributed by atoms with Crippen molar-refractivity contribution >= 4 is 5.97 Å². The van der Waals surface area contributed by atoms with E-state index in [4.69, 9.17) is 14.5 Å². The van der Waals surface area contributed by atoms with Crippen LogP contribution in [0.5, 0.6) is 5.75 Å². The highest BCUT2D eigenvalue weighted by molar-refractivity contribution is 5.91. The van der Waals surface area contributed by atoms with E-state index in [9.17, 15) is 10.1 Å². The molecule has 0 unspecified atom stereocenters. The van der Waals surface area contributed by atoms with Crippen LogP contribution >= 0.6 is 0 Å². The van der Waals surface area contributed by atoms with E-state index >= 15 is 0 Å². The summed E-state index contributed by atoms with van der Waals surface area (Å²) in [6, 6.07) is 13.8. The van der Waals surface area contributed by atoms with Gasteiger partial charge in [0.2, 0.25) is 0 Å². The first-order chi connectivity index (χ1) is 14.3. The van der Waals surface area contributed by atoms with Crippen LogP contribution in [0.25, 0.3) is 11.3 Å². The van der Waals surface area contributed by atoms with Crippen molar-refractivity contribution in [1.82, 2.24) is 10.3 Å². The van der Waals surface area contributed by atoms with Gasteiger partial charge in [-0.05, 0) is 71.8 Å². The van der Waals surface area contributed by atoms with Gasteiger partial charge in [0.25, 0.3) is 0 Å². The normalized spacial score (nSPS) is 15.8. The van der Waals surface area contributed by atoms with Crippen LogP contribution in [-0.2, 0) is 10.2 Å². The first-order valence-corrected chi connectivity index (χ1v) is 10.4. The Morgan fingerprint density at radius 1 is 1.20 bits per heavy atom. The summed E-state index contributed by atoms with van der Waals surface area (Å²) in [6.45, 7) is 9.36. The molecule has 0 atom stereocenters. The summed E-state index contributed by atoms with van der Waals surface area (Å²) in [7, 11) is 0.